The van der Waals surface area contributed by atoms with Gasteiger partial charge in [0.2, 0.25) is 5.91 Å². The standard InChI is InChI=1S/C24H31F4N9O3/c25-17(13-37(32)14-20(29)23(39)34-12-18-5-1-2-8-33-18)7-9-36(31)15-21(30)35-22(38)11-16-4-3-6-19(10-16)40-24(26,27)28/h1-6,8,10,14-15,17H,7,9,11-13,29-32H2,(H,34,39)(H,35,38)/b20-14-,21-15+. The highest BCUT2D eigenvalue weighted by Crippen LogP contribution is 2.23. The lowest BCUT2D eigenvalue weighted by molar-refractivity contribution is -0.274. The van der Waals surface area contributed by atoms with Gasteiger partial charge in [0.15, 0.2) is 0 Å². The lowest BCUT2D eigenvalue weighted by atomic mass is 10.1. The number of alkyl halides is 4. The summed E-state index contributed by atoms with van der Waals surface area (Å²) >= 11 is 0. The van der Waals surface area contributed by atoms with Gasteiger partial charge in [0.1, 0.15) is 23.4 Å². The lowest BCUT2D eigenvalue weighted by Gasteiger charge is -2.20. The molecule has 218 valence electrons. The van der Waals surface area contributed by atoms with E-state index in [-0.39, 0.29) is 49.6 Å². The molecule has 0 saturated heterocycles. The molecule has 1 aromatic carbocycles. The molecule has 0 fully saturated rings. The van der Waals surface area contributed by atoms with Gasteiger partial charge >= 0.3 is 6.36 Å². The Hall–Kier alpha value is -4.57. The third-order valence-electron chi connectivity index (χ3n) is 4.92. The van der Waals surface area contributed by atoms with E-state index in [1.165, 1.54) is 12.1 Å². The molecule has 0 aliphatic carbocycles. The van der Waals surface area contributed by atoms with Crippen LogP contribution in [0.1, 0.15) is 17.7 Å². The van der Waals surface area contributed by atoms with Crippen molar-refractivity contribution in [2.24, 2.45) is 23.2 Å². The van der Waals surface area contributed by atoms with E-state index < -0.39 is 30.1 Å². The quantitative estimate of drug-likeness (QED) is 0.0813. The summed E-state index contributed by atoms with van der Waals surface area (Å²) in [7, 11) is 0. The summed E-state index contributed by atoms with van der Waals surface area (Å²) < 4.78 is 55.3. The van der Waals surface area contributed by atoms with Gasteiger partial charge in [-0.2, -0.15) is 0 Å². The minimum absolute atomic E-state index is 0.0217. The van der Waals surface area contributed by atoms with Gasteiger partial charge in [0, 0.05) is 18.9 Å². The van der Waals surface area contributed by atoms with Gasteiger partial charge in [-0.25, -0.2) is 16.1 Å². The van der Waals surface area contributed by atoms with Crippen molar-refractivity contribution in [3.63, 3.8) is 0 Å². The van der Waals surface area contributed by atoms with E-state index in [0.717, 1.165) is 34.6 Å². The number of hydrogen-bond acceptors (Lipinski definition) is 10. The maximum Gasteiger partial charge on any atom is 0.573 e. The van der Waals surface area contributed by atoms with E-state index in [2.05, 4.69) is 20.4 Å². The second kappa shape index (κ2) is 15.1. The molecule has 0 radical (unpaired) electrons. The van der Waals surface area contributed by atoms with Gasteiger partial charge < -0.3 is 36.9 Å². The lowest BCUT2D eigenvalue weighted by Crippen LogP contribution is -2.38. The van der Waals surface area contributed by atoms with Gasteiger partial charge in [-0.15, -0.1) is 13.2 Å². The largest absolute Gasteiger partial charge is 0.573 e. The van der Waals surface area contributed by atoms with Crippen molar-refractivity contribution >= 4 is 11.8 Å². The van der Waals surface area contributed by atoms with Crippen LogP contribution in [0.25, 0.3) is 0 Å². The molecule has 10 N–H and O–H groups in total. The van der Waals surface area contributed by atoms with Crippen molar-refractivity contribution in [3.8, 4) is 5.75 Å². The molecule has 0 aliphatic rings. The first-order valence-corrected chi connectivity index (χ1v) is 11.7. The van der Waals surface area contributed by atoms with Crippen LogP contribution < -0.4 is 38.5 Å². The fraction of sp³-hybridized carbons (Fsp3) is 0.292. The predicted octanol–water partition coefficient (Wildman–Crippen LogP) is 0.593. The highest BCUT2D eigenvalue weighted by atomic mass is 19.4. The van der Waals surface area contributed by atoms with Crippen molar-refractivity contribution in [3.05, 3.63) is 83.8 Å². The number of halogens is 4. The molecule has 12 nitrogen and oxygen atoms in total. The third-order valence-corrected chi connectivity index (χ3v) is 4.92. The third kappa shape index (κ3) is 12.8. The number of nitrogens with zero attached hydrogens (tertiary/aromatic N) is 3. The number of nitrogens with two attached hydrogens (primary N) is 4. The van der Waals surface area contributed by atoms with E-state index >= 15 is 0 Å². The summed E-state index contributed by atoms with van der Waals surface area (Å²) in [5.41, 5.74) is 12.1. The molecule has 0 aliphatic heterocycles. The van der Waals surface area contributed by atoms with Crippen LogP contribution in [0, 0.1) is 0 Å². The molecule has 1 heterocycles. The van der Waals surface area contributed by atoms with Crippen LogP contribution in [0.5, 0.6) is 5.75 Å². The molecule has 1 atom stereocenters. The van der Waals surface area contributed by atoms with Gasteiger partial charge in [-0.05, 0) is 36.2 Å². The first-order valence-electron chi connectivity index (χ1n) is 11.7. The number of ether oxygens (including phenoxy) is 1. The SMILES string of the molecule is N/C(=C\N(N)CC(F)CCN(N)/C=C(\N)NC(=O)Cc1cccc(OC(F)(F)F)c1)C(=O)NCc1ccccn1. The fourth-order valence-electron chi connectivity index (χ4n) is 3.19. The minimum Gasteiger partial charge on any atom is -0.406 e. The van der Waals surface area contributed by atoms with Gasteiger partial charge in [0.25, 0.3) is 5.91 Å². The number of rotatable bonds is 14. The summed E-state index contributed by atoms with van der Waals surface area (Å²) in [6.07, 6.45) is -2.88. The molecule has 2 aromatic rings. The maximum atomic E-state index is 14.4. The Bertz CT molecular complexity index is 1180. The van der Waals surface area contributed by atoms with Crippen molar-refractivity contribution in [2.45, 2.75) is 31.9 Å². The fourth-order valence-corrected chi connectivity index (χ4v) is 3.19. The average molecular weight is 570 g/mol. The van der Waals surface area contributed by atoms with E-state index in [1.54, 1.807) is 24.4 Å². The smallest absolute Gasteiger partial charge is 0.406 e. The monoisotopic (exact) mass is 569 g/mol. The molecule has 0 saturated carbocycles. The maximum absolute atomic E-state index is 14.4. The molecule has 1 unspecified atom stereocenters. The Morgan fingerprint density at radius 1 is 1.07 bits per heavy atom. The highest BCUT2D eigenvalue weighted by Gasteiger charge is 2.31. The Morgan fingerprint density at radius 3 is 2.50 bits per heavy atom. The van der Waals surface area contributed by atoms with Crippen LogP contribution in [0.15, 0.2) is 72.6 Å². The molecule has 2 amide bonds. The van der Waals surface area contributed by atoms with Crippen LogP contribution in [0.2, 0.25) is 0 Å². The van der Waals surface area contributed by atoms with Gasteiger partial charge in [-0.1, -0.05) is 18.2 Å². The van der Waals surface area contributed by atoms with E-state index in [9.17, 15) is 27.2 Å². The summed E-state index contributed by atoms with van der Waals surface area (Å²) in [5, 5.41) is 6.86. The second-order valence-electron chi connectivity index (χ2n) is 8.41. The topological polar surface area (TPSA) is 191 Å². The first-order chi connectivity index (χ1) is 18.8. The normalized spacial score (nSPS) is 12.8. The molecule has 40 heavy (non-hydrogen) atoms. The van der Waals surface area contributed by atoms with E-state index in [4.69, 9.17) is 23.2 Å². The number of nitrogens with one attached hydrogen (secondary N) is 2. The van der Waals surface area contributed by atoms with E-state index in [0.29, 0.717) is 5.69 Å². The zero-order valence-electron chi connectivity index (χ0n) is 21.3. The number of hydrazine groups is 2. The summed E-state index contributed by atoms with van der Waals surface area (Å²) in [5.74, 6) is 9.63. The zero-order chi connectivity index (χ0) is 29.7. The number of aromatic nitrogens is 1. The van der Waals surface area contributed by atoms with Crippen LogP contribution in [-0.2, 0) is 22.6 Å². The van der Waals surface area contributed by atoms with Crippen LogP contribution >= 0.6 is 0 Å². The van der Waals surface area contributed by atoms with Crippen LogP contribution in [0.4, 0.5) is 17.6 Å². The molecule has 0 spiro atoms. The second-order valence-corrected chi connectivity index (χ2v) is 8.41. The first kappa shape index (κ1) is 31.6. The van der Waals surface area contributed by atoms with Gasteiger partial charge in [-0.3, -0.25) is 14.6 Å². The summed E-state index contributed by atoms with van der Waals surface area (Å²) in [6.45, 7) is -0.167. The van der Waals surface area contributed by atoms with Crippen molar-refractivity contribution in [2.75, 3.05) is 13.1 Å². The van der Waals surface area contributed by atoms with Crippen molar-refractivity contribution in [1.82, 2.24) is 25.6 Å². The molecular weight excluding hydrogens is 538 g/mol. The van der Waals surface area contributed by atoms with Gasteiger partial charge in [0.05, 0.1) is 31.4 Å². The Labute approximate surface area is 227 Å². The predicted molar refractivity (Wildman–Crippen MR) is 137 cm³/mol. The number of pyridine rings is 1. The zero-order valence-corrected chi connectivity index (χ0v) is 21.3. The minimum atomic E-state index is -4.86. The van der Waals surface area contributed by atoms with Crippen molar-refractivity contribution in [1.29, 1.82) is 0 Å². The molecular formula is C24H31F4N9O3. The van der Waals surface area contributed by atoms with Crippen LogP contribution in [0.3, 0.4) is 0 Å². The number of carbonyl (C=O) groups excluding carboxylic acids is 2. The Kier molecular flexibility index (Phi) is 12.0. The molecule has 2 rings (SSSR count). The van der Waals surface area contributed by atoms with E-state index in [1.807, 2.05) is 0 Å². The Morgan fingerprint density at radius 2 is 1.82 bits per heavy atom. The van der Waals surface area contributed by atoms with Crippen molar-refractivity contribution < 1.29 is 31.9 Å². The highest BCUT2D eigenvalue weighted by molar-refractivity contribution is 5.92. The number of amides is 2. The van der Waals surface area contributed by atoms with Crippen LogP contribution in [-0.4, -0.2) is 52.4 Å². The number of carbonyl (C=O) groups is 2. The molecule has 1 aromatic heterocycles. The number of hydrogen-bond donors (Lipinski definition) is 6. The summed E-state index contributed by atoms with van der Waals surface area (Å²) in [4.78, 5) is 28.3. The summed E-state index contributed by atoms with van der Waals surface area (Å²) in [6, 6.07) is 10.1. The molecule has 0 bridgehead atoms. The average Bonchev–Trinajstić information content (AvgIpc) is 2.85. The number of benzene rings is 1. The Balaban J connectivity index is 1.74. The molecule has 16 heteroatoms.